The monoisotopic (exact) mass is 873 g/mol. The van der Waals surface area contributed by atoms with Crippen LogP contribution in [0.1, 0.15) is 11.1 Å². The highest BCUT2D eigenvalue weighted by Crippen LogP contribution is 2.51. The number of benzene rings is 9. The van der Waals surface area contributed by atoms with Gasteiger partial charge in [-0.15, -0.1) is 0 Å². The molecule has 1 aliphatic rings. The summed E-state index contributed by atoms with van der Waals surface area (Å²) in [5, 5.41) is 7.15. The first-order valence-corrected chi connectivity index (χ1v) is 23.3. The second-order valence-corrected chi connectivity index (χ2v) is 18.1. The molecule has 0 amide bonds. The van der Waals surface area contributed by atoms with Gasteiger partial charge in [-0.05, 0) is 79.6 Å². The number of aromatic nitrogens is 3. The minimum Gasteiger partial charge on any atom is -0.457 e. The molecule has 0 aliphatic carbocycles. The van der Waals surface area contributed by atoms with Crippen LogP contribution in [0.2, 0.25) is 0 Å². The molecule has 0 bridgehead atoms. The number of hydrogen-bond donors (Lipinski definition) is 0. The van der Waals surface area contributed by atoms with E-state index in [1.54, 1.807) is 0 Å². The topological polar surface area (TPSA) is 37.4 Å². The Balaban J connectivity index is 0.904. The number of hydrogen-bond acceptors (Lipinski definition) is 4. The predicted molar refractivity (Wildman–Crippen MR) is 283 cm³/mol. The highest BCUT2D eigenvalue weighted by molar-refractivity contribution is 6.25. The predicted octanol–water partition coefficient (Wildman–Crippen LogP) is 16.3. The van der Waals surface area contributed by atoms with Gasteiger partial charge in [0, 0.05) is 67.5 Å². The molecule has 6 heteroatoms. The van der Waals surface area contributed by atoms with Gasteiger partial charge in [-0.25, -0.2) is 4.98 Å². The Morgan fingerprint density at radius 2 is 1.00 bits per heavy atom. The Bertz CT molecular complexity index is 4180. The lowest BCUT2D eigenvalue weighted by atomic mass is 9.93. The molecule has 14 rings (SSSR count). The number of pyridine rings is 1. The smallest absolute Gasteiger partial charge is 0.162 e. The van der Waals surface area contributed by atoms with Crippen LogP contribution >= 0.6 is 0 Å². The summed E-state index contributed by atoms with van der Waals surface area (Å²) in [4.78, 5) is 10.1. The summed E-state index contributed by atoms with van der Waals surface area (Å²) in [7, 11) is 0. The molecule has 0 atom stereocenters. The van der Waals surface area contributed by atoms with E-state index < -0.39 is 0 Å². The highest BCUT2D eigenvalue weighted by Gasteiger charge is 2.31. The number of nitrogens with zero attached hydrogens (tertiary/aromatic N) is 5. The molecular weight excluding hydrogens is 831 g/mol. The highest BCUT2D eigenvalue weighted by atomic mass is 16.5. The molecule has 322 valence electrons. The molecule has 9 aromatic carbocycles. The van der Waals surface area contributed by atoms with E-state index in [1.165, 1.54) is 71.5 Å². The fraction of sp³-hybridized carbons (Fsp3) is 0.0484. The van der Waals surface area contributed by atoms with E-state index in [1.807, 2.05) is 12.3 Å². The van der Waals surface area contributed by atoms with E-state index in [0.717, 1.165) is 61.7 Å². The third-order valence-corrected chi connectivity index (χ3v) is 14.0. The van der Waals surface area contributed by atoms with Crippen molar-refractivity contribution >= 4 is 88.3 Å². The molecule has 4 aromatic heterocycles. The van der Waals surface area contributed by atoms with Gasteiger partial charge in [0.15, 0.2) is 5.65 Å². The van der Waals surface area contributed by atoms with Crippen molar-refractivity contribution in [1.82, 2.24) is 13.8 Å². The van der Waals surface area contributed by atoms with E-state index >= 15 is 0 Å². The standard InChI is InChI=1S/C62H43N5O/c1-39-33-40(2)35-42(34-39)47-21-11-20-46(41-15-4-3-5-16-41)59(47)65-38-64(55-27-8-9-28-56(55)65)43-17-10-18-44(36-43)68-45-30-31-49-51-23-13-25-53-52-24-12-22-50-48-19-6-7-26-54(48)66(60(50)52)57-29-14-32-63-62(57)67(61(51)53)58(49)37-45/h3-37H,38H2,1-2H3. The SMILES string of the molecule is Cc1cc(C)cc(-c2cccc(-c3ccccc3)c2N2CN(c3cccc(Oc4ccc5c6cccc7c8cccc9c%10ccccc%10n(c%10cccnc%10n(c5c4)c67)c98)c3)c3ccccc32)c1. The van der Waals surface area contributed by atoms with Gasteiger partial charge in [-0.1, -0.05) is 151 Å². The lowest BCUT2D eigenvalue weighted by molar-refractivity contribution is 0.483. The van der Waals surface area contributed by atoms with Gasteiger partial charge >= 0.3 is 0 Å². The second kappa shape index (κ2) is 14.8. The molecule has 0 saturated heterocycles. The zero-order chi connectivity index (χ0) is 45.0. The van der Waals surface area contributed by atoms with Crippen molar-refractivity contribution in [3.8, 4) is 33.8 Å². The summed E-state index contributed by atoms with van der Waals surface area (Å²) in [6.07, 6.45) is 1.91. The van der Waals surface area contributed by atoms with Crippen LogP contribution in [0.5, 0.6) is 11.5 Å². The minimum atomic E-state index is 0.622. The summed E-state index contributed by atoms with van der Waals surface area (Å²) in [6, 6.07) is 74.4. The molecule has 6 nitrogen and oxygen atoms in total. The zero-order valence-electron chi connectivity index (χ0n) is 37.6. The second-order valence-electron chi connectivity index (χ2n) is 18.1. The van der Waals surface area contributed by atoms with Gasteiger partial charge in [-0.3, -0.25) is 4.40 Å². The fourth-order valence-electron chi connectivity index (χ4n) is 11.3. The molecule has 0 spiro atoms. The lowest BCUT2D eigenvalue weighted by Gasteiger charge is -2.27. The lowest BCUT2D eigenvalue weighted by Crippen LogP contribution is -2.25. The van der Waals surface area contributed by atoms with E-state index in [0.29, 0.717) is 6.67 Å². The maximum atomic E-state index is 6.92. The molecule has 0 N–H and O–H groups in total. The summed E-state index contributed by atoms with van der Waals surface area (Å²) in [6.45, 7) is 4.99. The Labute approximate surface area is 392 Å². The van der Waals surface area contributed by atoms with E-state index in [2.05, 4.69) is 233 Å². The largest absolute Gasteiger partial charge is 0.457 e. The Kier molecular flexibility index (Phi) is 8.37. The number of ether oxygens (including phenoxy) is 1. The summed E-state index contributed by atoms with van der Waals surface area (Å²) in [5.41, 5.74) is 18.3. The first-order valence-electron chi connectivity index (χ1n) is 23.3. The molecule has 13 aromatic rings. The van der Waals surface area contributed by atoms with Gasteiger partial charge in [0.2, 0.25) is 0 Å². The number of fused-ring (bicyclic) bond motifs is 11. The summed E-state index contributed by atoms with van der Waals surface area (Å²) in [5.74, 6) is 1.51. The van der Waals surface area contributed by atoms with Crippen LogP contribution < -0.4 is 14.5 Å². The molecule has 0 unspecified atom stereocenters. The molecular formula is C62H43N5O. The van der Waals surface area contributed by atoms with Crippen molar-refractivity contribution in [2.75, 3.05) is 16.5 Å². The van der Waals surface area contributed by atoms with Crippen molar-refractivity contribution in [2.24, 2.45) is 0 Å². The van der Waals surface area contributed by atoms with Gasteiger partial charge in [0.1, 0.15) is 18.2 Å². The Hall–Kier alpha value is -8.87. The van der Waals surface area contributed by atoms with Crippen LogP contribution in [-0.2, 0) is 0 Å². The average Bonchev–Trinajstić information content (AvgIpc) is 4.04. The van der Waals surface area contributed by atoms with Crippen LogP contribution in [0.15, 0.2) is 212 Å². The molecule has 0 saturated carbocycles. The maximum Gasteiger partial charge on any atom is 0.162 e. The first-order chi connectivity index (χ1) is 33.6. The summed E-state index contributed by atoms with van der Waals surface area (Å²) < 4.78 is 11.7. The number of rotatable bonds is 6. The molecule has 1 aliphatic heterocycles. The first kappa shape index (κ1) is 38.4. The minimum absolute atomic E-state index is 0.622. The fourth-order valence-corrected chi connectivity index (χ4v) is 11.3. The third kappa shape index (κ3) is 5.74. The van der Waals surface area contributed by atoms with E-state index in [9.17, 15) is 0 Å². The molecule has 0 fully saturated rings. The quantitative estimate of drug-likeness (QED) is 0.167. The molecule has 5 heterocycles. The number of para-hydroxylation sites is 6. The third-order valence-electron chi connectivity index (χ3n) is 14.0. The van der Waals surface area contributed by atoms with Crippen molar-refractivity contribution in [2.45, 2.75) is 13.8 Å². The van der Waals surface area contributed by atoms with Gasteiger partial charge in [0.05, 0.1) is 44.6 Å². The van der Waals surface area contributed by atoms with Crippen molar-refractivity contribution in [3.05, 3.63) is 224 Å². The van der Waals surface area contributed by atoms with Gasteiger partial charge in [0.25, 0.3) is 0 Å². The maximum absolute atomic E-state index is 6.92. The van der Waals surface area contributed by atoms with Crippen LogP contribution in [-0.4, -0.2) is 20.5 Å². The average molecular weight is 874 g/mol. The van der Waals surface area contributed by atoms with Crippen LogP contribution in [0.25, 0.3) is 87.8 Å². The Morgan fingerprint density at radius 3 is 1.78 bits per heavy atom. The zero-order valence-corrected chi connectivity index (χ0v) is 37.6. The summed E-state index contributed by atoms with van der Waals surface area (Å²) >= 11 is 0. The van der Waals surface area contributed by atoms with E-state index in [-0.39, 0.29) is 0 Å². The van der Waals surface area contributed by atoms with Crippen LogP contribution in [0, 0.1) is 13.8 Å². The molecule has 68 heavy (non-hydrogen) atoms. The van der Waals surface area contributed by atoms with Crippen molar-refractivity contribution in [1.29, 1.82) is 0 Å². The van der Waals surface area contributed by atoms with Crippen LogP contribution in [0.3, 0.4) is 0 Å². The number of aryl methyl sites for hydroxylation is 2. The van der Waals surface area contributed by atoms with Gasteiger partial charge < -0.3 is 18.9 Å². The molecule has 0 radical (unpaired) electrons. The van der Waals surface area contributed by atoms with Crippen molar-refractivity contribution in [3.63, 3.8) is 0 Å². The van der Waals surface area contributed by atoms with Crippen LogP contribution in [0.4, 0.5) is 22.7 Å². The Morgan fingerprint density at radius 1 is 0.412 bits per heavy atom. The van der Waals surface area contributed by atoms with E-state index in [4.69, 9.17) is 9.72 Å². The van der Waals surface area contributed by atoms with Gasteiger partial charge in [-0.2, -0.15) is 0 Å². The normalized spacial score (nSPS) is 12.7. The van der Waals surface area contributed by atoms with Crippen molar-refractivity contribution < 1.29 is 4.74 Å². The number of anilines is 4.